The Morgan fingerprint density at radius 1 is 1.24 bits per heavy atom. The van der Waals surface area contributed by atoms with Gasteiger partial charge in [0.15, 0.2) is 0 Å². The number of nitrogens with zero attached hydrogens (tertiary/aromatic N) is 2. The first kappa shape index (κ1) is 21.3. The van der Waals surface area contributed by atoms with Crippen LogP contribution >= 0.6 is 24.0 Å². The van der Waals surface area contributed by atoms with Gasteiger partial charge >= 0.3 is 0 Å². The van der Waals surface area contributed by atoms with Crippen LogP contribution in [0, 0.1) is 10.1 Å². The lowest BCUT2D eigenvalue weighted by atomic mass is 10.1. The van der Waals surface area contributed by atoms with Crippen molar-refractivity contribution in [2.45, 2.75) is 10.9 Å². The van der Waals surface area contributed by atoms with E-state index in [2.05, 4.69) is 0 Å². The predicted octanol–water partition coefficient (Wildman–Crippen LogP) is 2.99. The minimum Gasteiger partial charge on any atom is -0.323 e. The Bertz CT molecular complexity index is 844. The number of nitro groups is 1. The second kappa shape index (κ2) is 8.59. The molecule has 0 bridgehead atoms. The van der Waals surface area contributed by atoms with E-state index < -0.39 is 21.0 Å². The normalized spacial score (nSPS) is 12.5. The molecule has 10 heteroatoms. The van der Waals surface area contributed by atoms with E-state index >= 15 is 0 Å². The number of hydrogen-bond acceptors (Lipinski definition) is 5. The molecule has 0 saturated carbocycles. The third kappa shape index (κ3) is 5.13. The molecule has 0 heterocycles. The molecule has 0 aliphatic rings. The maximum Gasteiger partial charge on any atom is 0.269 e. The maximum absolute atomic E-state index is 12.5. The minimum absolute atomic E-state index is 0. The van der Waals surface area contributed by atoms with Crippen molar-refractivity contribution in [2.75, 3.05) is 13.6 Å². The number of likely N-dealkylation sites (N-methyl/N-ethyl adjacent to an activating group) is 1. The third-order valence-corrected chi connectivity index (χ3v) is 5.56. The summed E-state index contributed by atoms with van der Waals surface area (Å²) >= 11 is 5.91. The Morgan fingerprint density at radius 3 is 2.36 bits per heavy atom. The van der Waals surface area contributed by atoms with Crippen LogP contribution in [0.4, 0.5) is 5.69 Å². The summed E-state index contributed by atoms with van der Waals surface area (Å²) in [7, 11) is -2.39. The molecule has 0 aliphatic heterocycles. The minimum atomic E-state index is -3.80. The molecule has 1 atom stereocenters. The van der Waals surface area contributed by atoms with Gasteiger partial charge in [0.1, 0.15) is 0 Å². The molecule has 0 amide bonds. The van der Waals surface area contributed by atoms with Crippen LogP contribution in [-0.4, -0.2) is 31.2 Å². The number of hydrogen-bond donors (Lipinski definition) is 1. The second-order valence-electron chi connectivity index (χ2n) is 5.20. The van der Waals surface area contributed by atoms with E-state index in [0.29, 0.717) is 10.6 Å². The average Bonchev–Trinajstić information content (AvgIpc) is 2.54. The Hall–Kier alpha value is -1.71. The van der Waals surface area contributed by atoms with Crippen molar-refractivity contribution in [2.24, 2.45) is 5.73 Å². The first-order chi connectivity index (χ1) is 11.2. The van der Waals surface area contributed by atoms with Gasteiger partial charge in [-0.1, -0.05) is 23.7 Å². The Kier molecular flexibility index (Phi) is 7.33. The summed E-state index contributed by atoms with van der Waals surface area (Å²) in [6, 6.07) is 11.0. The van der Waals surface area contributed by atoms with Crippen molar-refractivity contribution in [1.82, 2.24) is 4.31 Å². The molecule has 136 valence electrons. The maximum atomic E-state index is 12.5. The van der Waals surface area contributed by atoms with Crippen LogP contribution in [0.1, 0.15) is 11.6 Å². The molecule has 2 aromatic rings. The molecule has 0 aliphatic carbocycles. The molecule has 0 fully saturated rings. The number of nitrogens with two attached hydrogens (primary N) is 1. The highest BCUT2D eigenvalue weighted by Gasteiger charge is 2.24. The van der Waals surface area contributed by atoms with Crippen LogP contribution in [0.3, 0.4) is 0 Å². The fraction of sp³-hybridized carbons (Fsp3) is 0.200. The van der Waals surface area contributed by atoms with Crippen molar-refractivity contribution < 1.29 is 13.3 Å². The lowest BCUT2D eigenvalue weighted by Gasteiger charge is -2.21. The number of benzene rings is 2. The summed E-state index contributed by atoms with van der Waals surface area (Å²) in [5.74, 6) is 0. The van der Waals surface area contributed by atoms with E-state index in [1.54, 1.807) is 24.3 Å². The fourth-order valence-electron chi connectivity index (χ4n) is 2.14. The molecular weight excluding hydrogens is 389 g/mol. The number of nitro benzene ring substituents is 1. The van der Waals surface area contributed by atoms with E-state index in [-0.39, 0.29) is 29.5 Å². The van der Waals surface area contributed by atoms with Crippen LogP contribution < -0.4 is 5.73 Å². The highest BCUT2D eigenvalue weighted by molar-refractivity contribution is 7.89. The van der Waals surface area contributed by atoms with Crippen LogP contribution in [0.15, 0.2) is 53.4 Å². The van der Waals surface area contributed by atoms with Gasteiger partial charge < -0.3 is 5.73 Å². The smallest absolute Gasteiger partial charge is 0.269 e. The van der Waals surface area contributed by atoms with Crippen LogP contribution in [0.5, 0.6) is 0 Å². The molecule has 0 aromatic heterocycles. The second-order valence-corrected chi connectivity index (χ2v) is 7.68. The molecule has 2 rings (SSSR count). The SMILES string of the molecule is CN(C[C@@H](N)c1cccc(Cl)c1)S(=O)(=O)c1ccc([N+](=O)[O-])cc1.Cl. The molecule has 2 aromatic carbocycles. The zero-order valence-electron chi connectivity index (χ0n) is 13.2. The topological polar surface area (TPSA) is 107 Å². The molecule has 0 spiro atoms. The zero-order valence-corrected chi connectivity index (χ0v) is 15.6. The van der Waals surface area contributed by atoms with Crippen LogP contribution in [0.2, 0.25) is 5.02 Å². The number of halogens is 2. The van der Waals surface area contributed by atoms with Gasteiger partial charge in [-0.15, -0.1) is 12.4 Å². The number of sulfonamides is 1. The summed E-state index contributed by atoms with van der Waals surface area (Å²) in [4.78, 5) is 10.0. The van der Waals surface area contributed by atoms with Gasteiger partial charge in [-0.05, 0) is 29.8 Å². The van der Waals surface area contributed by atoms with Gasteiger partial charge in [0.25, 0.3) is 5.69 Å². The number of rotatable bonds is 6. The van der Waals surface area contributed by atoms with Crippen molar-refractivity contribution in [3.8, 4) is 0 Å². The molecule has 7 nitrogen and oxygen atoms in total. The summed E-state index contributed by atoms with van der Waals surface area (Å²) in [5, 5.41) is 11.2. The Labute approximate surface area is 157 Å². The average molecular weight is 406 g/mol. The Balaban J connectivity index is 0.00000312. The monoisotopic (exact) mass is 405 g/mol. The van der Waals surface area contributed by atoms with Gasteiger partial charge in [0.05, 0.1) is 9.82 Å². The summed E-state index contributed by atoms with van der Waals surface area (Å²) in [5.41, 5.74) is 6.59. The lowest BCUT2D eigenvalue weighted by molar-refractivity contribution is -0.384. The van der Waals surface area contributed by atoms with Crippen molar-refractivity contribution in [3.63, 3.8) is 0 Å². The van der Waals surface area contributed by atoms with Gasteiger partial charge in [0, 0.05) is 36.8 Å². The standard InChI is InChI=1S/C15H16ClN3O4S.ClH/c1-18(10-15(17)11-3-2-4-12(16)9-11)24(22,23)14-7-5-13(6-8-14)19(20)21;/h2-9,15H,10,17H2,1H3;1H/t15-;/m1./s1. The molecular formula is C15H17Cl2N3O4S. The predicted molar refractivity (Wildman–Crippen MR) is 98.5 cm³/mol. The molecule has 0 unspecified atom stereocenters. The number of non-ortho nitro benzene ring substituents is 1. The van der Waals surface area contributed by atoms with Crippen molar-refractivity contribution >= 4 is 39.7 Å². The molecule has 25 heavy (non-hydrogen) atoms. The van der Waals surface area contributed by atoms with E-state index in [9.17, 15) is 18.5 Å². The summed E-state index contributed by atoms with van der Waals surface area (Å²) in [6.07, 6.45) is 0. The summed E-state index contributed by atoms with van der Waals surface area (Å²) < 4.78 is 26.2. The molecule has 2 N–H and O–H groups in total. The molecule has 0 saturated heterocycles. The van der Waals surface area contributed by atoms with Crippen molar-refractivity contribution in [1.29, 1.82) is 0 Å². The Morgan fingerprint density at radius 2 is 1.84 bits per heavy atom. The lowest BCUT2D eigenvalue weighted by Crippen LogP contribution is -2.34. The fourth-order valence-corrected chi connectivity index (χ4v) is 3.53. The van der Waals surface area contributed by atoms with E-state index in [0.717, 1.165) is 16.4 Å². The zero-order chi connectivity index (χ0) is 17.9. The first-order valence-electron chi connectivity index (χ1n) is 6.93. The quantitative estimate of drug-likeness (QED) is 0.586. The molecule has 0 radical (unpaired) electrons. The highest BCUT2D eigenvalue weighted by Crippen LogP contribution is 2.22. The highest BCUT2D eigenvalue weighted by atomic mass is 35.5. The first-order valence-corrected chi connectivity index (χ1v) is 8.75. The van der Waals surface area contributed by atoms with Gasteiger partial charge in [-0.2, -0.15) is 4.31 Å². The van der Waals surface area contributed by atoms with Crippen LogP contribution in [-0.2, 0) is 10.0 Å². The largest absolute Gasteiger partial charge is 0.323 e. The van der Waals surface area contributed by atoms with Gasteiger partial charge in [-0.25, -0.2) is 8.42 Å². The summed E-state index contributed by atoms with van der Waals surface area (Å²) in [6.45, 7) is 0.0413. The van der Waals surface area contributed by atoms with E-state index in [1.165, 1.54) is 19.2 Å². The van der Waals surface area contributed by atoms with E-state index in [4.69, 9.17) is 17.3 Å². The third-order valence-electron chi connectivity index (χ3n) is 3.49. The van der Waals surface area contributed by atoms with Crippen molar-refractivity contribution in [3.05, 3.63) is 69.2 Å². The van der Waals surface area contributed by atoms with Gasteiger partial charge in [0.2, 0.25) is 10.0 Å². The van der Waals surface area contributed by atoms with Gasteiger partial charge in [-0.3, -0.25) is 10.1 Å². The van der Waals surface area contributed by atoms with E-state index in [1.807, 2.05) is 0 Å². The van der Waals surface area contributed by atoms with Crippen LogP contribution in [0.25, 0.3) is 0 Å².